The van der Waals surface area contributed by atoms with Crippen LogP contribution in [0.25, 0.3) is 0 Å². The highest BCUT2D eigenvalue weighted by Crippen LogP contribution is 2.47. The van der Waals surface area contributed by atoms with E-state index in [1.165, 1.54) is 4.90 Å². The largest absolute Gasteiger partial charge is 0.480 e. The van der Waals surface area contributed by atoms with Gasteiger partial charge in [-0.3, -0.25) is 14.6 Å². The third-order valence-corrected chi connectivity index (χ3v) is 7.52. The third kappa shape index (κ3) is 4.68. The first kappa shape index (κ1) is 25.6. The Morgan fingerprint density at radius 2 is 1.23 bits per heavy atom. The molecule has 6 rings (SSSR count). The standard InChI is InChI=1S/C32H29N3O5/c36-30(29(22-11-3-1-4-12-22)23-13-5-2-6-14-23)34-20-19-33(21-26(34)31(37)38)32(39)35-24-15-7-9-17-27(24)40-28-18-10-8-16-25(28)35/h1-18,26,29,32,39H,19-21H2,(H,37,38)/t26-,32?/m0/s1. The summed E-state index contributed by atoms with van der Waals surface area (Å²) in [6.45, 7) is 0.394. The number of piperazine rings is 1. The van der Waals surface area contributed by atoms with Crippen molar-refractivity contribution in [1.29, 1.82) is 0 Å². The first-order chi connectivity index (χ1) is 19.5. The lowest BCUT2D eigenvalue weighted by Gasteiger charge is -2.46. The molecule has 2 aliphatic rings. The van der Waals surface area contributed by atoms with Crippen LogP contribution in [0.2, 0.25) is 0 Å². The van der Waals surface area contributed by atoms with E-state index in [1.54, 1.807) is 9.80 Å². The molecular formula is C32H29N3O5. The number of hydrogen-bond donors (Lipinski definition) is 2. The van der Waals surface area contributed by atoms with Crippen LogP contribution in [0.3, 0.4) is 0 Å². The molecule has 8 heteroatoms. The summed E-state index contributed by atoms with van der Waals surface area (Å²) in [6.07, 6.45) is -1.18. The maximum Gasteiger partial charge on any atom is 0.327 e. The number of carbonyl (C=O) groups is 2. The molecule has 0 spiro atoms. The van der Waals surface area contributed by atoms with E-state index in [0.717, 1.165) is 11.1 Å². The number of aliphatic carboxylic acids is 1. The van der Waals surface area contributed by atoms with Gasteiger partial charge in [-0.1, -0.05) is 84.9 Å². The van der Waals surface area contributed by atoms with Crippen LogP contribution in [0.15, 0.2) is 109 Å². The van der Waals surface area contributed by atoms with Gasteiger partial charge in [0.1, 0.15) is 6.04 Å². The van der Waals surface area contributed by atoms with E-state index in [0.29, 0.717) is 22.9 Å². The highest BCUT2D eigenvalue weighted by atomic mass is 16.5. The van der Waals surface area contributed by atoms with E-state index >= 15 is 0 Å². The zero-order valence-electron chi connectivity index (χ0n) is 21.7. The van der Waals surface area contributed by atoms with Gasteiger partial charge in [0.05, 0.1) is 17.3 Å². The molecule has 2 aliphatic heterocycles. The number of carbonyl (C=O) groups excluding carboxylic acids is 1. The predicted molar refractivity (Wildman–Crippen MR) is 151 cm³/mol. The van der Waals surface area contributed by atoms with Crippen LogP contribution in [-0.4, -0.2) is 63.9 Å². The SMILES string of the molecule is O=C(O)[C@@H]1CN(C(O)N2c3ccccc3Oc3ccccc32)CCN1C(=O)C(c1ccccc1)c1ccccc1. The highest BCUT2D eigenvalue weighted by molar-refractivity contribution is 5.91. The van der Waals surface area contributed by atoms with Gasteiger partial charge in [0.2, 0.25) is 5.91 Å². The van der Waals surface area contributed by atoms with Crippen molar-refractivity contribution >= 4 is 23.3 Å². The minimum absolute atomic E-state index is 0.0414. The van der Waals surface area contributed by atoms with E-state index in [4.69, 9.17) is 4.74 Å². The predicted octanol–water partition coefficient (Wildman–Crippen LogP) is 4.64. The number of aliphatic hydroxyl groups excluding tert-OH is 1. The van der Waals surface area contributed by atoms with E-state index in [2.05, 4.69) is 0 Å². The molecule has 0 radical (unpaired) electrons. The van der Waals surface area contributed by atoms with Gasteiger partial charge in [-0.2, -0.15) is 0 Å². The van der Waals surface area contributed by atoms with Crippen molar-refractivity contribution in [2.75, 3.05) is 24.5 Å². The van der Waals surface area contributed by atoms with Gasteiger partial charge >= 0.3 is 5.97 Å². The summed E-state index contributed by atoms with van der Waals surface area (Å²) < 4.78 is 6.05. The summed E-state index contributed by atoms with van der Waals surface area (Å²) in [5.41, 5.74) is 2.94. The minimum Gasteiger partial charge on any atom is -0.480 e. The summed E-state index contributed by atoms with van der Waals surface area (Å²) >= 11 is 0. The Labute approximate surface area is 232 Å². The van der Waals surface area contributed by atoms with Gasteiger partial charge in [-0.15, -0.1) is 0 Å². The maximum absolute atomic E-state index is 14.1. The number of para-hydroxylation sites is 4. The zero-order chi connectivity index (χ0) is 27.6. The molecule has 1 unspecified atom stereocenters. The number of carboxylic acid groups (broad SMARTS) is 1. The first-order valence-corrected chi connectivity index (χ1v) is 13.2. The van der Waals surface area contributed by atoms with Crippen LogP contribution in [0.4, 0.5) is 11.4 Å². The molecule has 1 amide bonds. The van der Waals surface area contributed by atoms with Crippen molar-refractivity contribution < 1.29 is 24.5 Å². The van der Waals surface area contributed by atoms with Crippen LogP contribution < -0.4 is 9.64 Å². The molecule has 202 valence electrons. The lowest BCUT2D eigenvalue weighted by atomic mass is 9.89. The molecule has 2 heterocycles. The number of rotatable bonds is 6. The van der Waals surface area contributed by atoms with Gasteiger partial charge in [0, 0.05) is 19.6 Å². The molecule has 1 fully saturated rings. The van der Waals surface area contributed by atoms with Crippen molar-refractivity contribution in [3.05, 3.63) is 120 Å². The van der Waals surface area contributed by atoms with E-state index < -0.39 is 24.3 Å². The molecular weight excluding hydrogens is 506 g/mol. The average Bonchev–Trinajstić information content (AvgIpc) is 3.00. The molecule has 0 bridgehead atoms. The number of benzene rings is 4. The fourth-order valence-corrected chi connectivity index (χ4v) is 5.57. The van der Waals surface area contributed by atoms with Crippen molar-refractivity contribution in [2.24, 2.45) is 0 Å². The molecule has 0 aliphatic carbocycles. The summed E-state index contributed by atoms with van der Waals surface area (Å²) in [5.74, 6) is -0.845. The molecule has 2 N–H and O–H groups in total. The molecule has 4 aromatic rings. The molecule has 40 heavy (non-hydrogen) atoms. The Morgan fingerprint density at radius 1 is 0.725 bits per heavy atom. The monoisotopic (exact) mass is 535 g/mol. The van der Waals surface area contributed by atoms with E-state index in [9.17, 15) is 19.8 Å². The zero-order valence-corrected chi connectivity index (χ0v) is 21.7. The Morgan fingerprint density at radius 3 is 1.75 bits per heavy atom. The molecule has 2 atom stereocenters. The number of anilines is 2. The summed E-state index contributed by atoms with van der Waals surface area (Å²) in [7, 11) is 0. The fourth-order valence-electron chi connectivity index (χ4n) is 5.57. The Kier molecular flexibility index (Phi) is 6.94. The average molecular weight is 536 g/mol. The second-order valence-corrected chi connectivity index (χ2v) is 9.89. The quantitative estimate of drug-likeness (QED) is 0.372. The number of aliphatic hydroxyl groups is 1. The van der Waals surface area contributed by atoms with E-state index in [-0.39, 0.29) is 25.5 Å². The van der Waals surface area contributed by atoms with Gasteiger partial charge in [-0.25, -0.2) is 4.79 Å². The Bertz CT molecular complexity index is 1430. The molecule has 1 saturated heterocycles. The topological polar surface area (TPSA) is 93.5 Å². The summed E-state index contributed by atoms with van der Waals surface area (Å²) in [5, 5.41) is 22.0. The molecule has 4 aromatic carbocycles. The van der Waals surface area contributed by atoms with Crippen molar-refractivity contribution in [3.8, 4) is 11.5 Å². The Balaban J connectivity index is 1.30. The van der Waals surface area contributed by atoms with Gasteiger partial charge in [0.15, 0.2) is 17.9 Å². The van der Waals surface area contributed by atoms with Crippen LogP contribution in [-0.2, 0) is 9.59 Å². The Hall–Kier alpha value is -4.66. The smallest absolute Gasteiger partial charge is 0.327 e. The van der Waals surface area contributed by atoms with Crippen molar-refractivity contribution in [3.63, 3.8) is 0 Å². The lowest BCUT2D eigenvalue weighted by molar-refractivity contribution is -0.157. The minimum atomic E-state index is -1.18. The number of hydrogen-bond acceptors (Lipinski definition) is 6. The number of fused-ring (bicyclic) bond motifs is 2. The van der Waals surface area contributed by atoms with Crippen LogP contribution in [0.5, 0.6) is 11.5 Å². The second kappa shape index (κ2) is 10.8. The molecule has 8 nitrogen and oxygen atoms in total. The van der Waals surface area contributed by atoms with Crippen LogP contribution in [0.1, 0.15) is 17.0 Å². The van der Waals surface area contributed by atoms with Crippen molar-refractivity contribution in [1.82, 2.24) is 9.80 Å². The van der Waals surface area contributed by atoms with E-state index in [1.807, 2.05) is 109 Å². The fraction of sp³-hybridized carbons (Fsp3) is 0.188. The first-order valence-electron chi connectivity index (χ1n) is 13.2. The van der Waals surface area contributed by atoms with Crippen LogP contribution in [0, 0.1) is 0 Å². The maximum atomic E-state index is 14.1. The highest BCUT2D eigenvalue weighted by Gasteiger charge is 2.42. The second-order valence-electron chi connectivity index (χ2n) is 9.89. The number of amides is 1. The molecule has 0 saturated carbocycles. The summed E-state index contributed by atoms with van der Waals surface area (Å²) in [4.78, 5) is 31.5. The normalized spacial score (nSPS) is 17.5. The van der Waals surface area contributed by atoms with Crippen molar-refractivity contribution in [2.45, 2.75) is 18.3 Å². The van der Waals surface area contributed by atoms with Crippen LogP contribution >= 0.6 is 0 Å². The summed E-state index contributed by atoms with van der Waals surface area (Å²) in [6, 6.07) is 32.5. The van der Waals surface area contributed by atoms with Gasteiger partial charge in [0.25, 0.3) is 0 Å². The lowest BCUT2D eigenvalue weighted by Crippen LogP contribution is -2.63. The van der Waals surface area contributed by atoms with Gasteiger partial charge in [-0.05, 0) is 35.4 Å². The third-order valence-electron chi connectivity index (χ3n) is 7.52. The number of nitrogens with zero attached hydrogens (tertiary/aromatic N) is 3. The number of carboxylic acids is 1. The molecule has 0 aromatic heterocycles. The van der Waals surface area contributed by atoms with Gasteiger partial charge < -0.3 is 19.8 Å². The number of ether oxygens (including phenoxy) is 1.